The van der Waals surface area contributed by atoms with Gasteiger partial charge in [0, 0.05) is 30.6 Å². The first-order chi connectivity index (χ1) is 30.7. The Bertz CT molecular complexity index is 2120. The Balaban J connectivity index is 1.19. The minimum absolute atomic E-state index is 0.0183. The summed E-state index contributed by atoms with van der Waals surface area (Å²) in [6, 6.07) is 16.6. The number of carbonyl (C=O) groups excluding carboxylic acids is 4. The van der Waals surface area contributed by atoms with Crippen LogP contribution in [0.15, 0.2) is 72.0 Å². The van der Waals surface area contributed by atoms with Crippen LogP contribution in [0.2, 0.25) is 0 Å². The molecule has 3 aliphatic rings. The van der Waals surface area contributed by atoms with E-state index in [0.29, 0.717) is 12.1 Å². The fourth-order valence-corrected chi connectivity index (χ4v) is 8.83. The number of hydrogen-bond donors (Lipinski definition) is 0. The monoisotopic (exact) mass is 930 g/mol. The predicted molar refractivity (Wildman–Crippen MR) is 225 cm³/mol. The highest BCUT2D eigenvalue weighted by atomic mass is 35.5. The molecule has 3 aliphatic heterocycles. The van der Waals surface area contributed by atoms with E-state index in [0.717, 1.165) is 0 Å². The first kappa shape index (κ1) is 48.6. The molecule has 346 valence electrons. The molecule has 0 aliphatic carbocycles. The standard InChI is InChI=1S/C43H52Cl2N6O13/c1-7-31-34(45)23(2)36(57-26(5)52)42(59-31)64-43(22-44)25(4)37(58-27(6)53)33(63-43)20-51-19-30(48-50-51)21-56-41-24(3)35(61-39(54)28-14-10-8-11-15-28)38(32(60-41)18-47-49-46)62-40(55)29-16-12-9-13-17-29/h8-17,19,23-25,31-38,41-42H,7,18,20-22H2,1-6H3/t23-,24-,25-,31+,32+,33+,34+,35+,36+,37-,38+,41-,42+,43-/m0/s1. The zero-order valence-corrected chi connectivity index (χ0v) is 37.7. The van der Waals surface area contributed by atoms with E-state index in [9.17, 15) is 24.7 Å². The number of benzene rings is 2. The van der Waals surface area contributed by atoms with Gasteiger partial charge < -0.3 is 42.6 Å². The summed E-state index contributed by atoms with van der Waals surface area (Å²) in [5.41, 5.74) is 10.1. The summed E-state index contributed by atoms with van der Waals surface area (Å²) < 4.78 is 56.7. The first-order valence-electron chi connectivity index (χ1n) is 20.9. The van der Waals surface area contributed by atoms with Crippen molar-refractivity contribution in [3.63, 3.8) is 0 Å². The Hall–Kier alpha value is -4.85. The number of halogens is 2. The molecule has 64 heavy (non-hydrogen) atoms. The van der Waals surface area contributed by atoms with Gasteiger partial charge in [0.25, 0.3) is 0 Å². The van der Waals surface area contributed by atoms with E-state index in [1.807, 2.05) is 13.8 Å². The highest BCUT2D eigenvalue weighted by Gasteiger charge is 2.59. The van der Waals surface area contributed by atoms with Gasteiger partial charge in [-0.05, 0) is 36.2 Å². The Morgan fingerprint density at radius 1 is 0.812 bits per heavy atom. The lowest BCUT2D eigenvalue weighted by Crippen LogP contribution is -2.58. The van der Waals surface area contributed by atoms with Gasteiger partial charge in [0.2, 0.25) is 0 Å². The van der Waals surface area contributed by atoms with Gasteiger partial charge in [-0.15, -0.1) is 28.3 Å². The molecule has 0 saturated carbocycles. The number of aromatic nitrogens is 3. The third kappa shape index (κ3) is 11.3. The van der Waals surface area contributed by atoms with Crippen molar-refractivity contribution in [1.29, 1.82) is 0 Å². The minimum atomic E-state index is -1.58. The summed E-state index contributed by atoms with van der Waals surface area (Å²) in [6.45, 7) is 9.37. The molecule has 3 saturated heterocycles. The topological polar surface area (TPSA) is 231 Å². The molecule has 6 rings (SSSR count). The summed E-state index contributed by atoms with van der Waals surface area (Å²) in [6.07, 6.45) is -6.51. The Morgan fingerprint density at radius 2 is 1.41 bits per heavy atom. The van der Waals surface area contributed by atoms with Crippen LogP contribution in [0.25, 0.3) is 10.4 Å². The minimum Gasteiger partial charge on any atom is -0.459 e. The van der Waals surface area contributed by atoms with Crippen molar-refractivity contribution in [3.05, 3.63) is 94.1 Å². The Labute approximate surface area is 379 Å². The van der Waals surface area contributed by atoms with E-state index >= 15 is 0 Å². The fourth-order valence-electron chi connectivity index (χ4n) is 8.08. The van der Waals surface area contributed by atoms with Crippen molar-refractivity contribution in [1.82, 2.24) is 15.0 Å². The maximum Gasteiger partial charge on any atom is 0.338 e. The van der Waals surface area contributed by atoms with Crippen molar-refractivity contribution in [2.45, 2.75) is 128 Å². The SMILES string of the molecule is CC[C@H]1O[C@H](O[C@]2(CCl)O[C@H](Cn3cc(CO[C@H]4O[C@H](CN=[N+]=[N-])[C@@H](OC(=O)c5ccccc5)[C@H](OC(=O)c5ccccc5)[C@@H]4C)nn3)[C@@H](OC(C)=O)[C@@H]2C)[C@H](OC(C)=O)[C@@H](C)[C@H]1Cl. The smallest absolute Gasteiger partial charge is 0.338 e. The third-order valence-corrected chi connectivity index (χ3v) is 12.5. The van der Waals surface area contributed by atoms with Crippen LogP contribution in [0, 0.1) is 17.8 Å². The van der Waals surface area contributed by atoms with E-state index in [4.69, 9.17) is 65.8 Å². The maximum absolute atomic E-state index is 13.4. The van der Waals surface area contributed by atoms with Gasteiger partial charge in [0.15, 0.2) is 30.6 Å². The molecule has 2 aromatic carbocycles. The average Bonchev–Trinajstić information content (AvgIpc) is 3.84. The van der Waals surface area contributed by atoms with Gasteiger partial charge in [0.05, 0.1) is 60.3 Å². The number of ether oxygens (including phenoxy) is 9. The van der Waals surface area contributed by atoms with E-state index in [1.54, 1.807) is 80.7 Å². The molecule has 0 bridgehead atoms. The second-order valence-electron chi connectivity index (χ2n) is 15.9. The van der Waals surface area contributed by atoms with Crippen molar-refractivity contribution in [3.8, 4) is 0 Å². The fraction of sp³-hybridized carbons (Fsp3) is 0.581. The molecule has 1 aromatic heterocycles. The summed E-state index contributed by atoms with van der Waals surface area (Å²) >= 11 is 13.3. The average molecular weight is 932 g/mol. The first-order valence-corrected chi connectivity index (χ1v) is 21.9. The maximum atomic E-state index is 13.4. The van der Waals surface area contributed by atoms with E-state index in [-0.39, 0.29) is 42.6 Å². The molecule has 0 amide bonds. The second kappa shape index (κ2) is 21.9. The molecule has 0 spiro atoms. The molecule has 3 aromatic rings. The Kier molecular flexibility index (Phi) is 16.6. The van der Waals surface area contributed by atoms with Crippen molar-refractivity contribution < 1.29 is 61.8 Å². The molecule has 0 N–H and O–H groups in total. The van der Waals surface area contributed by atoms with Gasteiger partial charge in [-0.2, -0.15) is 0 Å². The van der Waals surface area contributed by atoms with Crippen LogP contribution in [0.4, 0.5) is 0 Å². The van der Waals surface area contributed by atoms with Gasteiger partial charge >= 0.3 is 23.9 Å². The number of azide groups is 1. The van der Waals surface area contributed by atoms with Crippen molar-refractivity contribution in [2.24, 2.45) is 22.9 Å². The molecule has 14 atom stereocenters. The summed E-state index contributed by atoms with van der Waals surface area (Å²) in [4.78, 5) is 54.2. The van der Waals surface area contributed by atoms with Crippen LogP contribution in [0.1, 0.15) is 74.4 Å². The lowest BCUT2D eigenvalue weighted by atomic mass is 9.91. The van der Waals surface area contributed by atoms with E-state index in [2.05, 4.69) is 20.3 Å². The molecule has 4 heterocycles. The van der Waals surface area contributed by atoms with E-state index < -0.39 is 102 Å². The van der Waals surface area contributed by atoms with Gasteiger partial charge in [-0.1, -0.05) is 74.4 Å². The van der Waals surface area contributed by atoms with Crippen LogP contribution in [0.5, 0.6) is 0 Å². The van der Waals surface area contributed by atoms with Gasteiger partial charge in [0.1, 0.15) is 30.1 Å². The van der Waals surface area contributed by atoms with Crippen LogP contribution in [0.3, 0.4) is 0 Å². The lowest BCUT2D eigenvalue weighted by molar-refractivity contribution is -0.348. The highest BCUT2D eigenvalue weighted by Crippen LogP contribution is 2.44. The van der Waals surface area contributed by atoms with E-state index in [1.165, 1.54) is 18.5 Å². The summed E-state index contributed by atoms with van der Waals surface area (Å²) in [7, 11) is 0. The number of nitrogens with zero attached hydrogens (tertiary/aromatic N) is 6. The Morgan fingerprint density at radius 3 is 1.98 bits per heavy atom. The zero-order chi connectivity index (χ0) is 46.1. The largest absolute Gasteiger partial charge is 0.459 e. The highest BCUT2D eigenvalue weighted by molar-refractivity contribution is 6.21. The number of alkyl halides is 2. The molecular formula is C43H52Cl2N6O13. The number of hydrogen-bond acceptors (Lipinski definition) is 16. The van der Waals surface area contributed by atoms with Gasteiger partial charge in [-0.25, -0.2) is 14.3 Å². The zero-order valence-electron chi connectivity index (χ0n) is 36.1. The quantitative estimate of drug-likeness (QED) is 0.0369. The molecule has 19 nitrogen and oxygen atoms in total. The van der Waals surface area contributed by atoms with Crippen LogP contribution in [-0.2, 0) is 65.4 Å². The molecule has 3 fully saturated rings. The van der Waals surface area contributed by atoms with Crippen LogP contribution < -0.4 is 0 Å². The van der Waals surface area contributed by atoms with Gasteiger partial charge in [-0.3, -0.25) is 9.59 Å². The summed E-state index contributed by atoms with van der Waals surface area (Å²) in [5, 5.41) is 11.7. The number of rotatable bonds is 17. The van der Waals surface area contributed by atoms with Crippen LogP contribution in [-0.4, -0.2) is 118 Å². The predicted octanol–water partition coefficient (Wildman–Crippen LogP) is 6.15. The van der Waals surface area contributed by atoms with Crippen molar-refractivity contribution >= 4 is 47.1 Å². The molecule has 0 radical (unpaired) electrons. The summed E-state index contributed by atoms with van der Waals surface area (Å²) in [5.74, 6) is -6.03. The second-order valence-corrected chi connectivity index (χ2v) is 16.7. The number of esters is 4. The lowest BCUT2D eigenvalue weighted by Gasteiger charge is -2.45. The van der Waals surface area contributed by atoms with Crippen molar-refractivity contribution in [2.75, 3.05) is 12.4 Å². The molecule has 0 unspecified atom stereocenters. The molecular weight excluding hydrogens is 879 g/mol. The normalized spacial score (nSPS) is 32.5. The van der Waals surface area contributed by atoms with Crippen LogP contribution >= 0.6 is 23.2 Å². The molecule has 21 heteroatoms. The number of carbonyl (C=O) groups is 4. The third-order valence-electron chi connectivity index (χ3n) is 11.5.